The number of likely N-dealkylation sites (tertiary alicyclic amines) is 2. The lowest BCUT2D eigenvalue weighted by molar-refractivity contribution is -0.146. The summed E-state index contributed by atoms with van der Waals surface area (Å²) in [6.45, 7) is 2.75. The summed E-state index contributed by atoms with van der Waals surface area (Å²) in [6.07, 6.45) is 3.45. The van der Waals surface area contributed by atoms with Gasteiger partial charge in [-0.1, -0.05) is 0 Å². The van der Waals surface area contributed by atoms with E-state index in [2.05, 4.69) is 9.97 Å². The van der Waals surface area contributed by atoms with Crippen LogP contribution in [0.3, 0.4) is 0 Å². The van der Waals surface area contributed by atoms with E-state index in [1.165, 1.54) is 0 Å². The van der Waals surface area contributed by atoms with Gasteiger partial charge in [0.2, 0.25) is 23.6 Å². The Morgan fingerprint density at radius 3 is 2.54 bits per heavy atom. The molecule has 0 aromatic carbocycles. The Morgan fingerprint density at radius 1 is 1.25 bits per heavy atom. The van der Waals surface area contributed by atoms with Crippen molar-refractivity contribution >= 4 is 17.7 Å². The molecule has 2 fully saturated rings. The van der Waals surface area contributed by atoms with E-state index < -0.39 is 0 Å². The quantitative estimate of drug-likeness (QED) is 0.737. The molecule has 0 aliphatic carbocycles. The van der Waals surface area contributed by atoms with Crippen LogP contribution in [0.15, 0.2) is 12.3 Å². The number of nitrogens with zero attached hydrogens (tertiary/aromatic N) is 4. The third-order valence-corrected chi connectivity index (χ3v) is 4.28. The molecule has 3 heterocycles. The highest BCUT2D eigenvalue weighted by Gasteiger charge is 2.33. The van der Waals surface area contributed by atoms with Gasteiger partial charge in [-0.3, -0.25) is 19.3 Å². The molecule has 1 aromatic heterocycles. The lowest BCUT2D eigenvalue weighted by Gasteiger charge is -2.32. The first kappa shape index (κ1) is 16.4. The largest absolute Gasteiger partial charge is 0.474 e. The minimum absolute atomic E-state index is 0.00148. The van der Waals surface area contributed by atoms with Gasteiger partial charge < -0.3 is 9.64 Å². The molecule has 0 spiro atoms. The Morgan fingerprint density at radius 2 is 1.92 bits per heavy atom. The van der Waals surface area contributed by atoms with Crippen LogP contribution in [0.1, 0.15) is 31.5 Å². The van der Waals surface area contributed by atoms with E-state index in [0.717, 1.165) is 4.90 Å². The van der Waals surface area contributed by atoms with E-state index in [0.29, 0.717) is 37.6 Å². The fraction of sp³-hybridized carbons (Fsp3) is 0.562. The molecule has 3 amide bonds. The fourth-order valence-electron chi connectivity index (χ4n) is 2.93. The van der Waals surface area contributed by atoms with Crippen molar-refractivity contribution in [1.29, 1.82) is 0 Å². The van der Waals surface area contributed by atoms with Gasteiger partial charge in [0.1, 0.15) is 18.5 Å². The summed E-state index contributed by atoms with van der Waals surface area (Å²) in [6, 6.07) is 1.72. The van der Waals surface area contributed by atoms with Gasteiger partial charge in [-0.15, -0.1) is 0 Å². The number of hydrogen-bond donors (Lipinski definition) is 0. The fourth-order valence-corrected chi connectivity index (χ4v) is 2.93. The highest BCUT2D eigenvalue weighted by molar-refractivity contribution is 6.04. The van der Waals surface area contributed by atoms with Crippen molar-refractivity contribution in [3.05, 3.63) is 18.1 Å². The second kappa shape index (κ2) is 6.94. The van der Waals surface area contributed by atoms with Gasteiger partial charge >= 0.3 is 0 Å². The minimum Gasteiger partial charge on any atom is -0.474 e. The first-order chi connectivity index (χ1) is 11.5. The first-order valence-electron chi connectivity index (χ1n) is 8.10. The Labute approximate surface area is 139 Å². The Balaban J connectivity index is 1.48. The van der Waals surface area contributed by atoms with E-state index in [1.807, 2.05) is 0 Å². The summed E-state index contributed by atoms with van der Waals surface area (Å²) in [5, 5.41) is 0. The second-order valence-corrected chi connectivity index (χ2v) is 6.01. The minimum atomic E-state index is -0.259. The van der Waals surface area contributed by atoms with E-state index >= 15 is 0 Å². The zero-order valence-corrected chi connectivity index (χ0v) is 13.6. The number of piperidine rings is 1. The van der Waals surface area contributed by atoms with Crippen molar-refractivity contribution in [3.8, 4) is 5.88 Å². The van der Waals surface area contributed by atoms with Crippen LogP contribution in [0.5, 0.6) is 5.88 Å². The molecule has 8 nitrogen and oxygen atoms in total. The van der Waals surface area contributed by atoms with E-state index in [9.17, 15) is 14.4 Å². The number of rotatable bonds is 4. The summed E-state index contributed by atoms with van der Waals surface area (Å²) in [7, 11) is 0. The zero-order chi connectivity index (χ0) is 17.1. The average Bonchev–Trinajstić information content (AvgIpc) is 2.87. The number of carbonyl (C=O) groups is 3. The summed E-state index contributed by atoms with van der Waals surface area (Å²) in [5.41, 5.74) is 0. The molecule has 3 rings (SSSR count). The molecular formula is C16H20N4O4. The summed E-state index contributed by atoms with van der Waals surface area (Å²) in [4.78, 5) is 46.4. The van der Waals surface area contributed by atoms with Gasteiger partial charge in [-0.05, 0) is 6.92 Å². The molecule has 128 valence electrons. The highest BCUT2D eigenvalue weighted by Crippen LogP contribution is 2.18. The average molecular weight is 332 g/mol. The van der Waals surface area contributed by atoms with Crippen LogP contribution in [-0.4, -0.2) is 63.2 Å². The van der Waals surface area contributed by atoms with Crippen LogP contribution in [0, 0.1) is 6.92 Å². The molecule has 0 N–H and O–H groups in total. The number of hydrogen-bond acceptors (Lipinski definition) is 6. The molecule has 0 unspecified atom stereocenters. The van der Waals surface area contributed by atoms with Crippen molar-refractivity contribution in [1.82, 2.24) is 19.8 Å². The topological polar surface area (TPSA) is 92.7 Å². The number of aryl methyl sites for hydroxylation is 1. The Kier molecular flexibility index (Phi) is 4.73. The predicted octanol–water partition coefficient (Wildman–Crippen LogP) is 0.304. The standard InChI is InChI=1S/C16H20N4O4/c1-11-17-7-4-13(18-11)24-12-5-8-19(9-6-12)16(23)10-20-14(21)2-3-15(20)22/h4,7,12H,2-3,5-6,8-10H2,1H3. The van der Waals surface area contributed by atoms with Crippen molar-refractivity contribution < 1.29 is 19.1 Å². The van der Waals surface area contributed by atoms with Gasteiger partial charge in [-0.2, -0.15) is 4.98 Å². The maximum Gasteiger partial charge on any atom is 0.242 e. The molecule has 0 radical (unpaired) electrons. The van der Waals surface area contributed by atoms with Crippen molar-refractivity contribution in [3.63, 3.8) is 0 Å². The third-order valence-electron chi connectivity index (χ3n) is 4.28. The Bertz CT molecular complexity index is 639. The maximum atomic E-state index is 12.3. The van der Waals surface area contributed by atoms with Crippen LogP contribution >= 0.6 is 0 Å². The van der Waals surface area contributed by atoms with Gasteiger partial charge in [-0.25, -0.2) is 4.98 Å². The van der Waals surface area contributed by atoms with Crippen LogP contribution in [0.25, 0.3) is 0 Å². The molecule has 2 saturated heterocycles. The number of carbonyl (C=O) groups excluding carboxylic acids is 3. The van der Waals surface area contributed by atoms with Gasteiger partial charge in [0.05, 0.1) is 0 Å². The lowest BCUT2D eigenvalue weighted by Crippen LogP contribution is -2.47. The smallest absolute Gasteiger partial charge is 0.242 e. The summed E-state index contributed by atoms with van der Waals surface area (Å²) >= 11 is 0. The molecule has 0 atom stereocenters. The molecule has 1 aromatic rings. The van der Waals surface area contributed by atoms with E-state index in [-0.39, 0.29) is 43.2 Å². The zero-order valence-electron chi connectivity index (χ0n) is 13.6. The van der Waals surface area contributed by atoms with Crippen LogP contribution in [0.2, 0.25) is 0 Å². The SMILES string of the molecule is Cc1nccc(OC2CCN(C(=O)CN3C(=O)CCC3=O)CC2)n1. The maximum absolute atomic E-state index is 12.3. The van der Waals surface area contributed by atoms with E-state index in [1.54, 1.807) is 24.1 Å². The van der Waals surface area contributed by atoms with Crippen molar-refractivity contribution in [2.24, 2.45) is 0 Å². The summed E-state index contributed by atoms with van der Waals surface area (Å²) in [5.74, 6) is 0.493. The molecule has 2 aliphatic rings. The highest BCUT2D eigenvalue weighted by atomic mass is 16.5. The monoisotopic (exact) mass is 332 g/mol. The van der Waals surface area contributed by atoms with Crippen LogP contribution < -0.4 is 4.74 Å². The normalized spacial score (nSPS) is 19.0. The Hall–Kier alpha value is -2.51. The first-order valence-corrected chi connectivity index (χ1v) is 8.10. The van der Waals surface area contributed by atoms with Crippen molar-refractivity contribution in [2.45, 2.75) is 38.7 Å². The van der Waals surface area contributed by atoms with Crippen LogP contribution in [-0.2, 0) is 14.4 Å². The predicted molar refractivity (Wildman–Crippen MR) is 83.0 cm³/mol. The molecule has 0 saturated carbocycles. The van der Waals surface area contributed by atoms with Gasteiger partial charge in [0.15, 0.2) is 0 Å². The second-order valence-electron chi connectivity index (χ2n) is 6.01. The van der Waals surface area contributed by atoms with Crippen LogP contribution in [0.4, 0.5) is 0 Å². The van der Waals surface area contributed by atoms with Gasteiger partial charge in [0, 0.05) is 51.0 Å². The number of ether oxygens (including phenoxy) is 1. The lowest BCUT2D eigenvalue weighted by atomic mass is 10.1. The number of imide groups is 1. The number of amides is 3. The molecule has 24 heavy (non-hydrogen) atoms. The molecule has 2 aliphatic heterocycles. The molecular weight excluding hydrogens is 312 g/mol. The summed E-state index contributed by atoms with van der Waals surface area (Å²) < 4.78 is 5.82. The third kappa shape index (κ3) is 3.69. The molecule has 0 bridgehead atoms. The van der Waals surface area contributed by atoms with Gasteiger partial charge in [0.25, 0.3) is 0 Å². The van der Waals surface area contributed by atoms with E-state index in [4.69, 9.17) is 4.74 Å². The molecule has 8 heteroatoms. The number of aromatic nitrogens is 2. The van der Waals surface area contributed by atoms with Crippen molar-refractivity contribution in [2.75, 3.05) is 19.6 Å².